The molecule has 2 amide bonds. The zero-order chi connectivity index (χ0) is 36.3. The van der Waals surface area contributed by atoms with Gasteiger partial charge in [0.15, 0.2) is 5.82 Å². The van der Waals surface area contributed by atoms with Crippen molar-refractivity contribution in [1.82, 2.24) is 24.7 Å². The summed E-state index contributed by atoms with van der Waals surface area (Å²) >= 11 is 13.4. The van der Waals surface area contributed by atoms with Crippen molar-refractivity contribution in [2.24, 2.45) is 17.8 Å². The molecule has 3 saturated carbocycles. The highest BCUT2D eigenvalue weighted by Crippen LogP contribution is 2.54. The van der Waals surface area contributed by atoms with Gasteiger partial charge < -0.3 is 19.7 Å². The number of hydrogen-bond acceptors (Lipinski definition) is 5. The minimum atomic E-state index is -0.645. The van der Waals surface area contributed by atoms with Crippen molar-refractivity contribution in [2.75, 3.05) is 13.1 Å². The van der Waals surface area contributed by atoms with Crippen LogP contribution in [0.5, 0.6) is 0 Å². The van der Waals surface area contributed by atoms with Crippen molar-refractivity contribution < 1.29 is 14.0 Å². The molecule has 4 bridgehead atoms. The quantitative estimate of drug-likeness (QED) is 0.251. The third-order valence-corrected chi connectivity index (χ3v) is 14.8. The predicted molar refractivity (Wildman–Crippen MR) is 204 cm³/mol. The molecule has 1 N–H and O–H groups in total. The minimum Gasteiger partial charge on any atom is -0.337 e. The molecule has 53 heavy (non-hydrogen) atoms. The number of pyridine rings is 1. The lowest BCUT2D eigenvalue weighted by molar-refractivity contribution is -0.141. The monoisotopic (exact) mass is 754 g/mol. The van der Waals surface area contributed by atoms with Crippen LogP contribution in [0.15, 0.2) is 30.4 Å². The number of fused-ring (bicyclic) bond motifs is 6. The van der Waals surface area contributed by atoms with Gasteiger partial charge in [-0.3, -0.25) is 9.59 Å². The lowest BCUT2D eigenvalue weighted by Crippen LogP contribution is -2.51. The predicted octanol–water partition coefficient (Wildman–Crippen LogP) is 7.64. The molecule has 2 aromatic heterocycles. The fourth-order valence-electron chi connectivity index (χ4n) is 11.1. The number of benzene rings is 1. The Labute approximate surface area is 319 Å². The van der Waals surface area contributed by atoms with E-state index >= 15 is 4.39 Å². The molecule has 4 saturated heterocycles. The Bertz CT molecular complexity index is 2150. The van der Waals surface area contributed by atoms with Crippen molar-refractivity contribution in [3.63, 3.8) is 0 Å². The molecule has 0 radical (unpaired) electrons. The first-order chi connectivity index (χ1) is 25.7. The minimum absolute atomic E-state index is 0.0129. The zero-order valence-electron chi connectivity index (χ0n) is 30.0. The molecule has 7 fully saturated rings. The maximum absolute atomic E-state index is 17.3. The highest BCUT2D eigenvalue weighted by atomic mass is 35.5. The number of nitrogens with zero attached hydrogens (tertiary/aromatic N) is 5. The standard InChI is InChI=1S/C42H45Cl2FN6O2/c1-21-28-18-33(40-30-17-26(50(40)41(52)22-12-13-22)20-49(42(30)53)25-8-3-2-4-9-25)51(38-24-16-32(38)47-19-24)39(28)29-15-23(7-6-14-46)34(36(45)37(29)48-21)27-10-5-11-31(43)35(27)44/h5,10-11,15,18,22,24-26,30-32,35,38,40,47H,2-4,6-9,12-13,16-17,19-20H2,1H3/t24-,26-,30-,31-,32-,35?,38+,40-/m1/s1. The van der Waals surface area contributed by atoms with Gasteiger partial charge >= 0.3 is 0 Å². The van der Waals surface area contributed by atoms with Crippen LogP contribution in [0.1, 0.15) is 98.8 Å². The number of carbonyl (C=O) groups is 2. The number of nitrogens with one attached hydrogen (secondary N) is 1. The number of nitriles is 1. The molecule has 6 heterocycles. The smallest absolute Gasteiger partial charge is 0.228 e. The fourth-order valence-corrected chi connectivity index (χ4v) is 11.5. The van der Waals surface area contributed by atoms with Crippen LogP contribution in [0.4, 0.5) is 4.39 Å². The largest absolute Gasteiger partial charge is 0.337 e. The van der Waals surface area contributed by atoms with E-state index in [2.05, 4.69) is 31.8 Å². The number of alkyl halides is 2. The Morgan fingerprint density at radius 3 is 2.62 bits per heavy atom. The van der Waals surface area contributed by atoms with Crippen LogP contribution >= 0.6 is 23.2 Å². The third-order valence-electron chi connectivity index (χ3n) is 13.8. The second-order valence-corrected chi connectivity index (χ2v) is 17.7. The van der Waals surface area contributed by atoms with Crippen molar-refractivity contribution in [2.45, 2.75) is 119 Å². The Hall–Kier alpha value is -3.45. The van der Waals surface area contributed by atoms with Crippen LogP contribution in [0.25, 0.3) is 27.4 Å². The Kier molecular flexibility index (Phi) is 8.24. The molecule has 1 unspecified atom stereocenters. The molecule has 1 aromatic carbocycles. The normalized spacial score (nSPS) is 32.4. The molecule has 11 rings (SSSR count). The van der Waals surface area contributed by atoms with Gasteiger partial charge in [-0.05, 0) is 81.1 Å². The van der Waals surface area contributed by atoms with Gasteiger partial charge in [0.25, 0.3) is 0 Å². The maximum Gasteiger partial charge on any atom is 0.228 e. The summed E-state index contributed by atoms with van der Waals surface area (Å²) in [4.78, 5) is 38.4. The molecule has 4 aliphatic carbocycles. The average Bonchev–Trinajstić information content (AvgIpc) is 3.43. The lowest BCUT2D eigenvalue weighted by Gasteiger charge is -2.40. The van der Waals surface area contributed by atoms with Crippen LogP contribution < -0.4 is 5.32 Å². The number of piperidine rings is 1. The van der Waals surface area contributed by atoms with Gasteiger partial charge in [-0.15, -0.1) is 23.2 Å². The summed E-state index contributed by atoms with van der Waals surface area (Å²) in [5.74, 6) is 0.00562. The summed E-state index contributed by atoms with van der Waals surface area (Å²) < 4.78 is 19.7. The molecule has 3 aromatic rings. The zero-order valence-corrected chi connectivity index (χ0v) is 31.6. The highest BCUT2D eigenvalue weighted by molar-refractivity contribution is 6.35. The first-order valence-electron chi connectivity index (χ1n) is 19.8. The van der Waals surface area contributed by atoms with E-state index < -0.39 is 22.6 Å². The van der Waals surface area contributed by atoms with E-state index in [1.54, 1.807) is 6.08 Å². The van der Waals surface area contributed by atoms with Gasteiger partial charge in [0.1, 0.15) is 5.52 Å². The number of amides is 2. The number of carbonyl (C=O) groups excluding carboxylic acids is 2. The fraction of sp³-hybridized carbons (Fsp3) is 0.571. The van der Waals surface area contributed by atoms with Gasteiger partial charge in [-0.1, -0.05) is 37.5 Å². The molecular weight excluding hydrogens is 710 g/mol. The molecule has 0 spiro atoms. The molecule has 4 aliphatic heterocycles. The lowest BCUT2D eigenvalue weighted by atomic mass is 9.79. The number of aryl methyl sites for hydroxylation is 2. The van der Waals surface area contributed by atoms with Gasteiger partial charge in [-0.2, -0.15) is 5.26 Å². The topological polar surface area (TPSA) is 94.3 Å². The van der Waals surface area contributed by atoms with E-state index in [-0.39, 0.29) is 59.8 Å². The van der Waals surface area contributed by atoms with E-state index in [4.69, 9.17) is 28.2 Å². The number of allylic oxidation sites excluding steroid dienone is 4. The van der Waals surface area contributed by atoms with Gasteiger partial charge in [-0.25, -0.2) is 9.37 Å². The first kappa shape index (κ1) is 34.1. The van der Waals surface area contributed by atoms with Crippen molar-refractivity contribution >= 4 is 62.4 Å². The molecular formula is C42H45Cl2FN6O2. The second-order valence-electron chi connectivity index (χ2n) is 16.8. The maximum atomic E-state index is 17.3. The Morgan fingerprint density at radius 1 is 1.09 bits per heavy atom. The van der Waals surface area contributed by atoms with Crippen molar-refractivity contribution in [3.8, 4) is 6.07 Å². The molecule has 11 heteroatoms. The van der Waals surface area contributed by atoms with E-state index in [9.17, 15) is 14.9 Å². The average molecular weight is 756 g/mol. The van der Waals surface area contributed by atoms with Gasteiger partial charge in [0, 0.05) is 65.2 Å². The SMILES string of the molecule is Cc1nc2c(F)c(C3=CC=C[C@@H](Cl)C3Cl)c(CCC#N)cc2c2c1cc([C@H]1[C@H]3C[C@H](CN(C4CCCCC4)C3=O)N1C(=O)C1CC1)n2[C@H]1[C@H]2CN[C@@H]1C2. The van der Waals surface area contributed by atoms with Crippen molar-refractivity contribution in [1.29, 1.82) is 5.26 Å². The van der Waals surface area contributed by atoms with Crippen LogP contribution in [0, 0.1) is 41.8 Å². The van der Waals surface area contributed by atoms with E-state index in [0.717, 1.165) is 68.1 Å². The second kappa shape index (κ2) is 12.8. The van der Waals surface area contributed by atoms with Crippen LogP contribution in [-0.2, 0) is 16.0 Å². The summed E-state index contributed by atoms with van der Waals surface area (Å²) in [7, 11) is 0. The molecule has 8 aliphatic rings. The van der Waals surface area contributed by atoms with Crippen LogP contribution in [-0.4, -0.2) is 73.1 Å². The number of rotatable bonds is 7. The van der Waals surface area contributed by atoms with Crippen LogP contribution in [0.2, 0.25) is 0 Å². The highest BCUT2D eigenvalue weighted by Gasteiger charge is 2.58. The van der Waals surface area contributed by atoms with E-state index in [1.807, 2.05) is 25.1 Å². The van der Waals surface area contributed by atoms with E-state index in [0.29, 0.717) is 53.1 Å². The molecule has 276 valence electrons. The van der Waals surface area contributed by atoms with Crippen LogP contribution in [0.3, 0.4) is 0 Å². The number of halogens is 3. The number of hydrogen-bond donors (Lipinski definition) is 1. The summed E-state index contributed by atoms with van der Waals surface area (Å²) in [5, 5.41) is 13.8. The first-order valence-corrected chi connectivity index (χ1v) is 20.7. The summed E-state index contributed by atoms with van der Waals surface area (Å²) in [6.45, 7) is 3.45. The van der Waals surface area contributed by atoms with Crippen molar-refractivity contribution in [3.05, 3.63) is 58.7 Å². The summed E-state index contributed by atoms with van der Waals surface area (Å²) in [6.07, 6.45) is 15.1. The molecule has 8 atom stereocenters. The third kappa shape index (κ3) is 5.18. The Balaban J connectivity index is 1.20. The van der Waals surface area contributed by atoms with Gasteiger partial charge in [0.2, 0.25) is 11.8 Å². The molecule has 8 nitrogen and oxygen atoms in total. The number of likely N-dealkylation sites (tertiary alicyclic amines) is 2. The van der Waals surface area contributed by atoms with Gasteiger partial charge in [0.05, 0.1) is 46.4 Å². The number of aromatic nitrogens is 2. The summed E-state index contributed by atoms with van der Waals surface area (Å²) in [6, 6.07) is 6.66. The summed E-state index contributed by atoms with van der Waals surface area (Å²) in [5.41, 5.74) is 4.51. The van der Waals surface area contributed by atoms with E-state index in [1.165, 1.54) is 6.42 Å². The Morgan fingerprint density at radius 2 is 1.91 bits per heavy atom.